The van der Waals surface area contributed by atoms with Gasteiger partial charge >= 0.3 is 0 Å². The van der Waals surface area contributed by atoms with Gasteiger partial charge in [-0.1, -0.05) is 26.8 Å². The van der Waals surface area contributed by atoms with E-state index in [0.717, 1.165) is 18.6 Å². The Morgan fingerprint density at radius 1 is 1.11 bits per heavy atom. The summed E-state index contributed by atoms with van der Waals surface area (Å²) in [4.78, 5) is 0. The van der Waals surface area contributed by atoms with Crippen LogP contribution in [0.3, 0.4) is 0 Å². The van der Waals surface area contributed by atoms with Crippen LogP contribution in [0.2, 0.25) is 0 Å². The van der Waals surface area contributed by atoms with Crippen LogP contribution in [-0.4, -0.2) is 17.8 Å². The van der Waals surface area contributed by atoms with Crippen molar-refractivity contribution in [3.05, 3.63) is 28.8 Å². The average Bonchev–Trinajstić information content (AvgIpc) is 2.24. The maximum absolute atomic E-state index is 9.88. The number of benzene rings is 1. The molecule has 1 rings (SSSR count). The Kier molecular flexibility index (Phi) is 4.67. The van der Waals surface area contributed by atoms with Crippen LogP contribution in [0.25, 0.3) is 0 Å². The highest BCUT2D eigenvalue weighted by Gasteiger charge is 2.21. The molecule has 0 unspecified atom stereocenters. The quantitative estimate of drug-likeness (QED) is 0.890. The summed E-state index contributed by atoms with van der Waals surface area (Å²) in [7, 11) is 1.72. The van der Waals surface area contributed by atoms with Gasteiger partial charge in [0.15, 0.2) is 0 Å². The van der Waals surface area contributed by atoms with E-state index in [1.54, 1.807) is 7.11 Å². The Bertz CT molecular complexity index is 434. The molecule has 0 spiro atoms. The molecule has 0 fully saturated rings. The second kappa shape index (κ2) is 5.54. The van der Waals surface area contributed by atoms with Crippen LogP contribution >= 0.6 is 0 Å². The van der Waals surface area contributed by atoms with Gasteiger partial charge in [0.25, 0.3) is 0 Å². The molecule has 0 saturated heterocycles. The fraction of sp³-hybridized carbons (Fsp3) is 0.647. The van der Waals surface area contributed by atoms with Crippen molar-refractivity contribution in [1.29, 1.82) is 0 Å². The molecular formula is C17H28O2. The molecule has 19 heavy (non-hydrogen) atoms. The molecule has 0 aliphatic carbocycles. The lowest BCUT2D eigenvalue weighted by molar-refractivity contribution is 0.0713. The molecule has 0 heterocycles. The highest BCUT2D eigenvalue weighted by Crippen LogP contribution is 2.34. The van der Waals surface area contributed by atoms with Crippen molar-refractivity contribution in [2.45, 2.75) is 65.4 Å². The lowest BCUT2D eigenvalue weighted by atomic mass is 9.83. The molecule has 0 aliphatic rings. The minimum atomic E-state index is -0.617. The molecule has 0 atom stereocenters. The maximum Gasteiger partial charge on any atom is 0.122 e. The highest BCUT2D eigenvalue weighted by molar-refractivity contribution is 5.45. The molecule has 0 radical (unpaired) electrons. The van der Waals surface area contributed by atoms with Gasteiger partial charge in [-0.25, -0.2) is 0 Å². The van der Waals surface area contributed by atoms with E-state index in [-0.39, 0.29) is 5.41 Å². The fourth-order valence-corrected chi connectivity index (χ4v) is 2.19. The van der Waals surface area contributed by atoms with Gasteiger partial charge in [-0.3, -0.25) is 0 Å². The van der Waals surface area contributed by atoms with Gasteiger partial charge in [0.1, 0.15) is 5.75 Å². The molecule has 0 amide bonds. The first kappa shape index (κ1) is 16.0. The number of hydrogen-bond donors (Lipinski definition) is 1. The molecule has 2 nitrogen and oxygen atoms in total. The third kappa shape index (κ3) is 4.54. The molecule has 1 aromatic rings. The molecule has 2 heteroatoms. The van der Waals surface area contributed by atoms with Gasteiger partial charge in [0.05, 0.1) is 12.7 Å². The normalized spacial score (nSPS) is 12.6. The largest absolute Gasteiger partial charge is 0.496 e. The zero-order valence-electron chi connectivity index (χ0n) is 13.4. The van der Waals surface area contributed by atoms with Gasteiger partial charge in [0, 0.05) is 0 Å². The van der Waals surface area contributed by atoms with Crippen molar-refractivity contribution >= 4 is 0 Å². The van der Waals surface area contributed by atoms with Crippen LogP contribution in [0.5, 0.6) is 5.75 Å². The number of aryl methyl sites for hydroxylation is 2. The Labute approximate surface area is 117 Å². The van der Waals surface area contributed by atoms with E-state index in [2.05, 4.69) is 39.8 Å². The van der Waals surface area contributed by atoms with Gasteiger partial charge in [0.2, 0.25) is 0 Å². The van der Waals surface area contributed by atoms with Crippen molar-refractivity contribution in [3.8, 4) is 5.75 Å². The number of rotatable bonds is 4. The van der Waals surface area contributed by atoms with Gasteiger partial charge in [-0.2, -0.15) is 0 Å². The zero-order valence-corrected chi connectivity index (χ0v) is 13.4. The number of methoxy groups -OCH3 is 1. The standard InChI is InChI=1S/C17H28O2/c1-12-10-15(19-7)14(16(2,3)4)11-13(12)8-9-17(5,6)18/h10-11,18H,8-9H2,1-7H3. The third-order valence-electron chi connectivity index (χ3n) is 3.47. The fourth-order valence-electron chi connectivity index (χ4n) is 2.19. The summed E-state index contributed by atoms with van der Waals surface area (Å²) in [6, 6.07) is 4.35. The van der Waals surface area contributed by atoms with Crippen LogP contribution in [0, 0.1) is 6.92 Å². The summed E-state index contributed by atoms with van der Waals surface area (Å²) in [6.45, 7) is 12.4. The first-order valence-corrected chi connectivity index (χ1v) is 6.95. The first-order valence-electron chi connectivity index (χ1n) is 6.95. The second-order valence-corrected chi connectivity index (χ2v) is 7.04. The van der Waals surface area contributed by atoms with E-state index < -0.39 is 5.60 Å². The number of ether oxygens (including phenoxy) is 1. The van der Waals surface area contributed by atoms with Gasteiger partial charge < -0.3 is 9.84 Å². The Morgan fingerprint density at radius 2 is 1.68 bits per heavy atom. The van der Waals surface area contributed by atoms with Crippen LogP contribution in [0.4, 0.5) is 0 Å². The zero-order chi connectivity index (χ0) is 14.8. The first-order chi connectivity index (χ1) is 8.54. The van der Waals surface area contributed by atoms with Gasteiger partial charge in [-0.05, 0) is 61.8 Å². The van der Waals surface area contributed by atoms with Crippen molar-refractivity contribution in [1.82, 2.24) is 0 Å². The highest BCUT2D eigenvalue weighted by atomic mass is 16.5. The Morgan fingerprint density at radius 3 is 2.11 bits per heavy atom. The summed E-state index contributed by atoms with van der Waals surface area (Å²) in [5.74, 6) is 0.956. The SMILES string of the molecule is COc1cc(C)c(CCC(C)(C)O)cc1C(C)(C)C. The second-order valence-electron chi connectivity index (χ2n) is 7.04. The van der Waals surface area contributed by atoms with E-state index >= 15 is 0 Å². The lowest BCUT2D eigenvalue weighted by Crippen LogP contribution is -2.20. The third-order valence-corrected chi connectivity index (χ3v) is 3.47. The minimum absolute atomic E-state index is 0.0581. The monoisotopic (exact) mass is 264 g/mol. The molecular weight excluding hydrogens is 236 g/mol. The molecule has 108 valence electrons. The van der Waals surface area contributed by atoms with E-state index in [0.29, 0.717) is 0 Å². The van der Waals surface area contributed by atoms with Crippen LogP contribution in [0.15, 0.2) is 12.1 Å². The molecule has 1 aromatic carbocycles. The molecule has 0 bridgehead atoms. The molecule has 0 saturated carbocycles. The Hall–Kier alpha value is -1.02. The summed E-state index contributed by atoms with van der Waals surface area (Å²) >= 11 is 0. The summed E-state index contributed by atoms with van der Waals surface area (Å²) in [6.07, 6.45) is 1.66. The van der Waals surface area contributed by atoms with E-state index in [4.69, 9.17) is 4.74 Å². The number of hydrogen-bond acceptors (Lipinski definition) is 2. The van der Waals surface area contributed by atoms with Crippen molar-refractivity contribution < 1.29 is 9.84 Å². The Balaban J connectivity index is 3.13. The molecule has 0 aliphatic heterocycles. The molecule has 1 N–H and O–H groups in total. The summed E-state index contributed by atoms with van der Waals surface area (Å²) in [5, 5.41) is 9.88. The van der Waals surface area contributed by atoms with Crippen molar-refractivity contribution in [3.63, 3.8) is 0 Å². The summed E-state index contributed by atoms with van der Waals surface area (Å²) < 4.78 is 5.50. The van der Waals surface area contributed by atoms with Crippen LogP contribution in [-0.2, 0) is 11.8 Å². The number of aliphatic hydroxyl groups is 1. The predicted octanol–water partition coefficient (Wildman–Crippen LogP) is 4.00. The summed E-state index contributed by atoms with van der Waals surface area (Å²) in [5.41, 5.74) is 3.20. The van der Waals surface area contributed by atoms with E-state index in [1.807, 2.05) is 13.8 Å². The topological polar surface area (TPSA) is 29.5 Å². The van der Waals surface area contributed by atoms with Crippen molar-refractivity contribution in [2.24, 2.45) is 0 Å². The van der Waals surface area contributed by atoms with Crippen LogP contribution in [0.1, 0.15) is 57.7 Å². The molecule has 0 aromatic heterocycles. The minimum Gasteiger partial charge on any atom is -0.496 e. The van der Waals surface area contributed by atoms with Gasteiger partial charge in [-0.15, -0.1) is 0 Å². The van der Waals surface area contributed by atoms with Crippen molar-refractivity contribution in [2.75, 3.05) is 7.11 Å². The maximum atomic E-state index is 9.88. The van der Waals surface area contributed by atoms with Crippen LogP contribution < -0.4 is 4.74 Å². The van der Waals surface area contributed by atoms with E-state index in [1.165, 1.54) is 16.7 Å². The smallest absolute Gasteiger partial charge is 0.122 e. The lowest BCUT2D eigenvalue weighted by Gasteiger charge is -2.25. The average molecular weight is 264 g/mol. The van der Waals surface area contributed by atoms with E-state index in [9.17, 15) is 5.11 Å². The predicted molar refractivity (Wildman–Crippen MR) is 81.0 cm³/mol.